The number of nitrogens with two attached hydrogens (primary N) is 1. The number of hydrogen-bond acceptors (Lipinski definition) is 4. The summed E-state index contributed by atoms with van der Waals surface area (Å²) in [5, 5.41) is 0. The summed E-state index contributed by atoms with van der Waals surface area (Å²) < 4.78 is 32.9. The van der Waals surface area contributed by atoms with Gasteiger partial charge < -0.3 is 10.5 Å². The molecule has 2 aliphatic rings. The van der Waals surface area contributed by atoms with E-state index in [1.165, 1.54) is 6.07 Å². The molecule has 3 rings (SSSR count). The van der Waals surface area contributed by atoms with Crippen molar-refractivity contribution >= 4 is 15.7 Å². The summed E-state index contributed by atoms with van der Waals surface area (Å²) in [7, 11) is -3.52. The molecule has 110 valence electrons. The lowest BCUT2D eigenvalue weighted by Gasteiger charge is -2.25. The van der Waals surface area contributed by atoms with Gasteiger partial charge in [0.1, 0.15) is 10.6 Å². The first-order chi connectivity index (χ1) is 9.50. The second-order valence-corrected chi connectivity index (χ2v) is 7.43. The molecular formula is C14H20N2O3S. The Kier molecular flexibility index (Phi) is 3.38. The molecule has 1 atom stereocenters. The van der Waals surface area contributed by atoms with E-state index in [0.717, 1.165) is 31.2 Å². The smallest absolute Gasteiger partial charge is 0.247 e. The predicted molar refractivity (Wildman–Crippen MR) is 77.3 cm³/mol. The zero-order chi connectivity index (χ0) is 14.3. The number of rotatable bonds is 2. The van der Waals surface area contributed by atoms with Crippen LogP contribution in [0.4, 0.5) is 5.69 Å². The molecule has 1 unspecified atom stereocenters. The van der Waals surface area contributed by atoms with Crippen molar-refractivity contribution < 1.29 is 13.2 Å². The molecule has 2 aliphatic heterocycles. The molecule has 20 heavy (non-hydrogen) atoms. The molecule has 0 spiro atoms. The standard InChI is InChI=1S/C14H20N2O3S/c1-10-4-2-6-16(10)20(17,18)13-9-12(15)8-11-5-3-7-19-14(11)13/h8-10H,2-7,15H2,1H3. The lowest BCUT2D eigenvalue weighted by Crippen LogP contribution is -2.34. The molecule has 2 heterocycles. The van der Waals surface area contributed by atoms with Gasteiger partial charge in [-0.25, -0.2) is 8.42 Å². The van der Waals surface area contributed by atoms with Crippen molar-refractivity contribution in [3.05, 3.63) is 17.7 Å². The average molecular weight is 296 g/mol. The van der Waals surface area contributed by atoms with Crippen molar-refractivity contribution in [2.75, 3.05) is 18.9 Å². The molecule has 0 aliphatic carbocycles. The van der Waals surface area contributed by atoms with Crippen molar-refractivity contribution in [2.24, 2.45) is 0 Å². The Morgan fingerprint density at radius 2 is 2.15 bits per heavy atom. The fraction of sp³-hybridized carbons (Fsp3) is 0.571. The van der Waals surface area contributed by atoms with E-state index in [-0.39, 0.29) is 10.9 Å². The van der Waals surface area contributed by atoms with Crippen LogP contribution < -0.4 is 10.5 Å². The number of nitrogen functional groups attached to an aromatic ring is 1. The number of anilines is 1. The molecule has 2 N–H and O–H groups in total. The van der Waals surface area contributed by atoms with E-state index >= 15 is 0 Å². The highest BCUT2D eigenvalue weighted by atomic mass is 32.2. The van der Waals surface area contributed by atoms with Crippen LogP contribution in [-0.4, -0.2) is 31.9 Å². The van der Waals surface area contributed by atoms with Gasteiger partial charge in [-0.2, -0.15) is 4.31 Å². The number of nitrogens with zero attached hydrogens (tertiary/aromatic N) is 1. The number of benzene rings is 1. The Morgan fingerprint density at radius 3 is 2.85 bits per heavy atom. The number of hydrogen-bond donors (Lipinski definition) is 1. The zero-order valence-electron chi connectivity index (χ0n) is 11.6. The summed E-state index contributed by atoms with van der Waals surface area (Å²) in [5.74, 6) is 0.504. The van der Waals surface area contributed by atoms with Crippen LogP contribution in [0.25, 0.3) is 0 Å². The van der Waals surface area contributed by atoms with Gasteiger partial charge in [0.25, 0.3) is 0 Å². The van der Waals surface area contributed by atoms with E-state index in [0.29, 0.717) is 24.6 Å². The van der Waals surface area contributed by atoms with Gasteiger partial charge in [-0.1, -0.05) is 0 Å². The largest absolute Gasteiger partial charge is 0.492 e. The monoisotopic (exact) mass is 296 g/mol. The lowest BCUT2D eigenvalue weighted by atomic mass is 10.1. The Hall–Kier alpha value is -1.27. The van der Waals surface area contributed by atoms with Crippen LogP contribution in [0.2, 0.25) is 0 Å². The van der Waals surface area contributed by atoms with Gasteiger partial charge in [0, 0.05) is 18.3 Å². The van der Waals surface area contributed by atoms with Crippen LogP contribution in [0, 0.1) is 0 Å². The van der Waals surface area contributed by atoms with Gasteiger partial charge in [-0.3, -0.25) is 0 Å². The minimum Gasteiger partial charge on any atom is -0.492 e. The fourth-order valence-electron chi connectivity index (χ4n) is 3.05. The van der Waals surface area contributed by atoms with E-state index < -0.39 is 10.0 Å². The Labute approximate surface area is 119 Å². The maximum Gasteiger partial charge on any atom is 0.247 e. The third kappa shape index (κ3) is 2.16. The third-order valence-electron chi connectivity index (χ3n) is 4.07. The van der Waals surface area contributed by atoms with E-state index in [1.54, 1.807) is 4.31 Å². The molecule has 5 nitrogen and oxygen atoms in total. The fourth-order valence-corrected chi connectivity index (χ4v) is 4.96. The summed E-state index contributed by atoms with van der Waals surface area (Å²) in [4.78, 5) is 0.237. The molecule has 1 fully saturated rings. The molecule has 6 heteroatoms. The molecular weight excluding hydrogens is 276 g/mol. The molecule has 0 saturated carbocycles. The molecule has 1 aromatic carbocycles. The van der Waals surface area contributed by atoms with Crippen LogP contribution in [-0.2, 0) is 16.4 Å². The summed E-state index contributed by atoms with van der Waals surface area (Å²) in [6.07, 6.45) is 3.53. The van der Waals surface area contributed by atoms with Crippen LogP contribution >= 0.6 is 0 Å². The van der Waals surface area contributed by atoms with E-state index in [9.17, 15) is 8.42 Å². The maximum absolute atomic E-state index is 12.9. The third-order valence-corrected chi connectivity index (χ3v) is 6.09. The second kappa shape index (κ2) is 4.93. The Bertz CT molecular complexity index is 628. The molecule has 0 bridgehead atoms. The van der Waals surface area contributed by atoms with Crippen LogP contribution in [0.1, 0.15) is 31.7 Å². The summed E-state index contributed by atoms with van der Waals surface area (Å²) >= 11 is 0. The average Bonchev–Trinajstić information content (AvgIpc) is 2.84. The number of sulfonamides is 1. The Morgan fingerprint density at radius 1 is 1.35 bits per heavy atom. The second-order valence-electron chi connectivity index (χ2n) is 5.57. The maximum atomic E-state index is 12.9. The Balaban J connectivity index is 2.11. The van der Waals surface area contributed by atoms with Crippen molar-refractivity contribution in [3.63, 3.8) is 0 Å². The van der Waals surface area contributed by atoms with Crippen molar-refractivity contribution in [3.8, 4) is 5.75 Å². The molecule has 1 aromatic rings. The van der Waals surface area contributed by atoms with Crippen molar-refractivity contribution in [1.82, 2.24) is 4.31 Å². The van der Waals surface area contributed by atoms with Gasteiger partial charge in [0.15, 0.2) is 0 Å². The zero-order valence-corrected chi connectivity index (χ0v) is 12.4. The highest BCUT2D eigenvalue weighted by molar-refractivity contribution is 7.89. The summed E-state index contributed by atoms with van der Waals surface area (Å²) in [6.45, 7) is 3.09. The van der Waals surface area contributed by atoms with Crippen molar-refractivity contribution in [2.45, 2.75) is 43.5 Å². The first-order valence-electron chi connectivity index (χ1n) is 7.07. The van der Waals surface area contributed by atoms with Gasteiger partial charge >= 0.3 is 0 Å². The number of fused-ring (bicyclic) bond motifs is 1. The normalized spacial score (nSPS) is 23.4. The highest BCUT2D eigenvalue weighted by Crippen LogP contribution is 2.37. The first kappa shape index (κ1) is 13.7. The highest BCUT2D eigenvalue weighted by Gasteiger charge is 2.35. The SMILES string of the molecule is CC1CCCN1S(=O)(=O)c1cc(N)cc2c1OCCC2. The first-order valence-corrected chi connectivity index (χ1v) is 8.51. The van der Waals surface area contributed by atoms with Crippen LogP contribution in [0.15, 0.2) is 17.0 Å². The lowest BCUT2D eigenvalue weighted by molar-refractivity contribution is 0.279. The van der Waals surface area contributed by atoms with Crippen LogP contribution in [0.3, 0.4) is 0 Å². The molecule has 0 radical (unpaired) electrons. The quantitative estimate of drug-likeness (QED) is 0.844. The number of aryl methyl sites for hydroxylation is 1. The predicted octanol–water partition coefficient (Wildman–Crippen LogP) is 1.77. The summed E-state index contributed by atoms with van der Waals surface area (Å²) in [5.41, 5.74) is 7.26. The molecule has 1 saturated heterocycles. The van der Waals surface area contributed by atoms with Gasteiger partial charge in [0.05, 0.1) is 6.61 Å². The topological polar surface area (TPSA) is 72.6 Å². The van der Waals surface area contributed by atoms with Gasteiger partial charge in [-0.05, 0) is 50.3 Å². The van der Waals surface area contributed by atoms with Gasteiger partial charge in [0.2, 0.25) is 10.0 Å². The number of ether oxygens (including phenoxy) is 1. The molecule has 0 amide bonds. The van der Waals surface area contributed by atoms with Crippen molar-refractivity contribution in [1.29, 1.82) is 0 Å². The van der Waals surface area contributed by atoms with Crippen LogP contribution in [0.5, 0.6) is 5.75 Å². The summed E-state index contributed by atoms with van der Waals surface area (Å²) in [6, 6.07) is 3.39. The van der Waals surface area contributed by atoms with Gasteiger partial charge in [-0.15, -0.1) is 0 Å². The van der Waals surface area contributed by atoms with E-state index in [1.807, 2.05) is 13.0 Å². The minimum absolute atomic E-state index is 0.0423. The minimum atomic E-state index is -3.52. The van der Waals surface area contributed by atoms with E-state index in [4.69, 9.17) is 10.5 Å². The molecule has 0 aromatic heterocycles. The van der Waals surface area contributed by atoms with E-state index in [2.05, 4.69) is 0 Å².